The lowest BCUT2D eigenvalue weighted by Gasteiger charge is -2.33. The molecule has 2 aliphatic heterocycles. The average molecular weight is 298 g/mol. The Hall–Kier alpha value is -3.14. The third-order valence-corrected chi connectivity index (χ3v) is 4.32. The minimum atomic E-state index is 0.0599. The molecule has 0 saturated heterocycles. The second kappa shape index (κ2) is 4.68. The molecule has 5 rings (SSSR count). The van der Waals surface area contributed by atoms with Crippen molar-refractivity contribution < 1.29 is 0 Å². The second-order valence-corrected chi connectivity index (χ2v) is 5.61. The summed E-state index contributed by atoms with van der Waals surface area (Å²) in [7, 11) is 0. The highest BCUT2D eigenvalue weighted by molar-refractivity contribution is 5.89. The summed E-state index contributed by atoms with van der Waals surface area (Å²) in [4.78, 5) is 13.7. The van der Waals surface area contributed by atoms with Gasteiger partial charge < -0.3 is 0 Å². The van der Waals surface area contributed by atoms with Gasteiger partial charge in [-0.2, -0.15) is 0 Å². The Morgan fingerprint density at radius 3 is 2.26 bits per heavy atom. The molecule has 0 N–H and O–H groups in total. The molecule has 0 bridgehead atoms. The van der Waals surface area contributed by atoms with E-state index >= 15 is 0 Å². The summed E-state index contributed by atoms with van der Waals surface area (Å²) in [6, 6.07) is 18.7. The van der Waals surface area contributed by atoms with Crippen molar-refractivity contribution in [3.63, 3.8) is 0 Å². The van der Waals surface area contributed by atoms with Crippen molar-refractivity contribution in [2.24, 2.45) is 0 Å². The molecule has 0 amide bonds. The molecule has 2 aliphatic rings. The van der Waals surface area contributed by atoms with Crippen LogP contribution in [0.15, 0.2) is 73.1 Å². The quantitative estimate of drug-likeness (QED) is 0.676. The summed E-state index contributed by atoms with van der Waals surface area (Å²) < 4.78 is 0. The Kier molecular flexibility index (Phi) is 2.52. The number of rotatable bonds is 1. The second-order valence-electron chi connectivity index (χ2n) is 5.61. The van der Waals surface area contributed by atoms with Gasteiger partial charge in [-0.15, -0.1) is 0 Å². The highest BCUT2D eigenvalue weighted by Crippen LogP contribution is 2.48. The van der Waals surface area contributed by atoms with Crippen molar-refractivity contribution in [3.8, 4) is 0 Å². The molecular formula is C19H14N4. The number of hydrogen-bond donors (Lipinski definition) is 0. The Morgan fingerprint density at radius 2 is 1.43 bits per heavy atom. The average Bonchev–Trinajstić information content (AvgIpc) is 2.97. The molecule has 110 valence electrons. The highest BCUT2D eigenvalue weighted by atomic mass is 15.5. The van der Waals surface area contributed by atoms with Crippen LogP contribution in [0.5, 0.6) is 0 Å². The molecule has 3 heterocycles. The SMILES string of the molecule is C1=CC2N(c3ccccc3)c3nccnc3N2c2ccccc21. The fourth-order valence-electron chi connectivity index (χ4n) is 3.36. The van der Waals surface area contributed by atoms with Crippen molar-refractivity contribution in [3.05, 3.63) is 78.6 Å². The maximum atomic E-state index is 4.61. The largest absolute Gasteiger partial charge is 0.298 e. The van der Waals surface area contributed by atoms with Crippen LogP contribution in [0.4, 0.5) is 23.0 Å². The molecule has 0 saturated carbocycles. The van der Waals surface area contributed by atoms with Gasteiger partial charge in [-0.1, -0.05) is 42.5 Å². The third kappa shape index (κ3) is 1.72. The lowest BCUT2D eigenvalue weighted by atomic mass is 10.1. The van der Waals surface area contributed by atoms with Gasteiger partial charge in [0.05, 0.1) is 5.69 Å². The van der Waals surface area contributed by atoms with Crippen molar-refractivity contribution in [2.75, 3.05) is 9.80 Å². The minimum absolute atomic E-state index is 0.0599. The molecule has 1 unspecified atom stereocenters. The van der Waals surface area contributed by atoms with Gasteiger partial charge in [-0.05, 0) is 29.8 Å². The predicted octanol–water partition coefficient (Wildman–Crippen LogP) is 4.12. The van der Waals surface area contributed by atoms with Gasteiger partial charge in [0.25, 0.3) is 0 Å². The monoisotopic (exact) mass is 298 g/mol. The van der Waals surface area contributed by atoms with E-state index in [9.17, 15) is 0 Å². The third-order valence-electron chi connectivity index (χ3n) is 4.32. The first-order valence-electron chi connectivity index (χ1n) is 7.65. The van der Waals surface area contributed by atoms with E-state index in [0.717, 1.165) is 17.3 Å². The zero-order chi connectivity index (χ0) is 15.2. The van der Waals surface area contributed by atoms with Gasteiger partial charge in [0.2, 0.25) is 0 Å². The first kappa shape index (κ1) is 12.4. The van der Waals surface area contributed by atoms with Crippen LogP contribution in [-0.2, 0) is 0 Å². The van der Waals surface area contributed by atoms with E-state index in [0.29, 0.717) is 0 Å². The molecule has 1 atom stereocenters. The fraction of sp³-hybridized carbons (Fsp3) is 0.0526. The normalized spacial score (nSPS) is 17.7. The van der Waals surface area contributed by atoms with Crippen molar-refractivity contribution in [2.45, 2.75) is 6.17 Å². The Morgan fingerprint density at radius 1 is 0.739 bits per heavy atom. The van der Waals surface area contributed by atoms with Crippen LogP contribution in [0.2, 0.25) is 0 Å². The lowest BCUT2D eigenvalue weighted by molar-refractivity contribution is 0.820. The van der Waals surface area contributed by atoms with Gasteiger partial charge in [-0.3, -0.25) is 9.80 Å². The van der Waals surface area contributed by atoms with Crippen molar-refractivity contribution in [1.82, 2.24) is 9.97 Å². The molecule has 0 radical (unpaired) electrons. The van der Waals surface area contributed by atoms with E-state index in [2.05, 4.69) is 80.5 Å². The van der Waals surface area contributed by atoms with Crippen LogP contribution in [0.3, 0.4) is 0 Å². The minimum Gasteiger partial charge on any atom is -0.298 e. The molecule has 4 heteroatoms. The summed E-state index contributed by atoms with van der Waals surface area (Å²) >= 11 is 0. The summed E-state index contributed by atoms with van der Waals surface area (Å²) in [6.07, 6.45) is 7.95. The van der Waals surface area contributed by atoms with Gasteiger partial charge in [0.1, 0.15) is 6.17 Å². The standard InChI is InChI=1S/C19H14N4/c1-2-7-15(8-3-1)22-17-11-10-14-6-4-5-9-16(14)23(17)19-18(22)20-12-13-21-19/h1-13,17H. The van der Waals surface area contributed by atoms with Crippen LogP contribution in [0.25, 0.3) is 6.08 Å². The van der Waals surface area contributed by atoms with Gasteiger partial charge in [0.15, 0.2) is 11.6 Å². The molecule has 0 spiro atoms. The van der Waals surface area contributed by atoms with Gasteiger partial charge >= 0.3 is 0 Å². The van der Waals surface area contributed by atoms with E-state index < -0.39 is 0 Å². The van der Waals surface area contributed by atoms with E-state index in [1.54, 1.807) is 12.4 Å². The zero-order valence-corrected chi connectivity index (χ0v) is 12.4. The summed E-state index contributed by atoms with van der Waals surface area (Å²) in [5.41, 5.74) is 3.49. The first-order valence-corrected chi connectivity index (χ1v) is 7.65. The lowest BCUT2D eigenvalue weighted by Crippen LogP contribution is -2.38. The van der Waals surface area contributed by atoms with Crippen LogP contribution in [0, 0.1) is 0 Å². The van der Waals surface area contributed by atoms with Gasteiger partial charge in [-0.25, -0.2) is 9.97 Å². The Bertz CT molecular complexity index is 889. The summed E-state index contributed by atoms with van der Waals surface area (Å²) in [6.45, 7) is 0. The Balaban J connectivity index is 1.75. The smallest absolute Gasteiger partial charge is 0.178 e. The maximum Gasteiger partial charge on any atom is 0.178 e. The molecular weight excluding hydrogens is 284 g/mol. The van der Waals surface area contributed by atoms with Crippen LogP contribution in [0.1, 0.15) is 5.56 Å². The number of para-hydroxylation sites is 2. The van der Waals surface area contributed by atoms with E-state index in [4.69, 9.17) is 0 Å². The number of fused-ring (bicyclic) bond motifs is 5. The number of benzene rings is 2. The van der Waals surface area contributed by atoms with Crippen LogP contribution < -0.4 is 9.80 Å². The number of aromatic nitrogens is 2. The van der Waals surface area contributed by atoms with Crippen molar-refractivity contribution in [1.29, 1.82) is 0 Å². The van der Waals surface area contributed by atoms with Crippen LogP contribution >= 0.6 is 0 Å². The van der Waals surface area contributed by atoms with E-state index in [1.807, 2.05) is 6.07 Å². The molecule has 2 aromatic carbocycles. The molecule has 3 aromatic rings. The van der Waals surface area contributed by atoms with E-state index in [1.165, 1.54) is 11.3 Å². The maximum absolute atomic E-state index is 4.61. The molecule has 1 aromatic heterocycles. The number of nitrogens with zero attached hydrogens (tertiary/aromatic N) is 4. The van der Waals surface area contributed by atoms with Crippen LogP contribution in [-0.4, -0.2) is 16.1 Å². The topological polar surface area (TPSA) is 32.3 Å². The summed E-state index contributed by atoms with van der Waals surface area (Å²) in [5, 5.41) is 0. The summed E-state index contributed by atoms with van der Waals surface area (Å²) in [5.74, 6) is 1.79. The van der Waals surface area contributed by atoms with Crippen molar-refractivity contribution >= 4 is 29.1 Å². The molecule has 0 aliphatic carbocycles. The predicted molar refractivity (Wildman–Crippen MR) is 92.0 cm³/mol. The van der Waals surface area contributed by atoms with Gasteiger partial charge in [0, 0.05) is 18.1 Å². The molecule has 23 heavy (non-hydrogen) atoms. The molecule has 0 fully saturated rings. The zero-order valence-electron chi connectivity index (χ0n) is 12.4. The number of anilines is 4. The van der Waals surface area contributed by atoms with E-state index in [-0.39, 0.29) is 6.17 Å². The number of hydrogen-bond acceptors (Lipinski definition) is 4. The first-order chi connectivity index (χ1) is 11.4. The fourth-order valence-corrected chi connectivity index (χ4v) is 3.36. The highest BCUT2D eigenvalue weighted by Gasteiger charge is 2.40. The molecule has 4 nitrogen and oxygen atoms in total. The Labute approximate surface area is 134 Å².